The Morgan fingerprint density at radius 3 is 1.93 bits per heavy atom. The second-order valence-electron chi connectivity index (χ2n) is 7.12. The lowest BCUT2D eigenvalue weighted by Gasteiger charge is -2.03. The number of thiophene rings is 2. The van der Waals surface area contributed by atoms with Gasteiger partial charge >= 0.3 is 0 Å². The van der Waals surface area contributed by atoms with E-state index in [0.29, 0.717) is 0 Å². The van der Waals surface area contributed by atoms with Crippen molar-refractivity contribution in [3.63, 3.8) is 0 Å². The maximum Gasteiger partial charge on any atom is 0.0361 e. The molecule has 2 heterocycles. The fourth-order valence-corrected chi connectivity index (χ4v) is 5.98. The van der Waals surface area contributed by atoms with Gasteiger partial charge in [-0.05, 0) is 76.5 Å². The Labute approximate surface area is 165 Å². The normalized spacial score (nSPS) is 11.9. The van der Waals surface area contributed by atoms with Crippen LogP contribution in [-0.4, -0.2) is 0 Å². The molecule has 0 aliphatic heterocycles. The standard InChI is InChI=1S/C25H16S2/c1-15-6-9-23(26-15)19-8-7-18-14-25-22(12-20(18)10-19)21-11-16-4-2-3-5-17(16)13-24(21)27-25/h2-14H,1H3. The predicted octanol–water partition coefficient (Wildman–Crippen LogP) is 8.40. The van der Waals surface area contributed by atoms with Gasteiger partial charge in [0, 0.05) is 29.9 Å². The van der Waals surface area contributed by atoms with E-state index in [1.165, 1.54) is 57.0 Å². The Morgan fingerprint density at radius 2 is 1.22 bits per heavy atom. The van der Waals surface area contributed by atoms with Crippen LogP contribution in [0.1, 0.15) is 4.88 Å². The number of fused-ring (bicyclic) bond motifs is 5. The van der Waals surface area contributed by atoms with Crippen LogP contribution < -0.4 is 0 Å². The summed E-state index contributed by atoms with van der Waals surface area (Å²) in [7, 11) is 0. The Balaban J connectivity index is 1.65. The Kier molecular flexibility index (Phi) is 3.22. The average molecular weight is 381 g/mol. The summed E-state index contributed by atoms with van der Waals surface area (Å²) in [5, 5.41) is 8.00. The smallest absolute Gasteiger partial charge is 0.0361 e. The summed E-state index contributed by atoms with van der Waals surface area (Å²) < 4.78 is 2.74. The zero-order chi connectivity index (χ0) is 18.0. The molecule has 0 nitrogen and oxygen atoms in total. The topological polar surface area (TPSA) is 0 Å². The Morgan fingerprint density at radius 1 is 0.556 bits per heavy atom. The number of hydrogen-bond donors (Lipinski definition) is 0. The van der Waals surface area contributed by atoms with Crippen LogP contribution in [0.3, 0.4) is 0 Å². The summed E-state index contributed by atoms with van der Waals surface area (Å²) in [5.74, 6) is 0. The minimum Gasteiger partial charge on any atom is -0.141 e. The van der Waals surface area contributed by atoms with Crippen molar-refractivity contribution >= 4 is 64.4 Å². The third-order valence-electron chi connectivity index (χ3n) is 5.32. The van der Waals surface area contributed by atoms with Gasteiger partial charge in [0.25, 0.3) is 0 Å². The van der Waals surface area contributed by atoms with E-state index >= 15 is 0 Å². The molecule has 0 spiro atoms. The summed E-state index contributed by atoms with van der Waals surface area (Å²) >= 11 is 3.76. The lowest BCUT2D eigenvalue weighted by Crippen LogP contribution is -1.77. The molecule has 0 saturated carbocycles. The molecule has 0 atom stereocenters. The first-order valence-electron chi connectivity index (χ1n) is 9.10. The molecule has 0 aliphatic rings. The van der Waals surface area contributed by atoms with Crippen LogP contribution in [0.25, 0.3) is 52.2 Å². The van der Waals surface area contributed by atoms with E-state index in [0.717, 1.165) is 0 Å². The Hall–Kier alpha value is -2.68. The van der Waals surface area contributed by atoms with Gasteiger partial charge in [-0.25, -0.2) is 0 Å². The van der Waals surface area contributed by atoms with Crippen LogP contribution in [-0.2, 0) is 0 Å². The number of rotatable bonds is 1. The van der Waals surface area contributed by atoms with Gasteiger partial charge in [0.15, 0.2) is 0 Å². The number of benzene rings is 4. The van der Waals surface area contributed by atoms with E-state index in [1.807, 2.05) is 22.7 Å². The molecule has 0 bridgehead atoms. The molecule has 128 valence electrons. The van der Waals surface area contributed by atoms with E-state index in [-0.39, 0.29) is 0 Å². The second-order valence-corrected chi connectivity index (χ2v) is 9.49. The van der Waals surface area contributed by atoms with E-state index < -0.39 is 0 Å². The summed E-state index contributed by atoms with van der Waals surface area (Å²) in [6, 6.07) is 29.3. The molecule has 0 N–H and O–H groups in total. The van der Waals surface area contributed by atoms with E-state index in [2.05, 4.69) is 85.8 Å². The van der Waals surface area contributed by atoms with Gasteiger partial charge in [-0.3, -0.25) is 0 Å². The highest BCUT2D eigenvalue weighted by molar-refractivity contribution is 7.26. The van der Waals surface area contributed by atoms with E-state index in [9.17, 15) is 0 Å². The van der Waals surface area contributed by atoms with Crippen molar-refractivity contribution in [2.45, 2.75) is 6.92 Å². The molecular weight excluding hydrogens is 364 g/mol. The molecular formula is C25H16S2. The minimum atomic E-state index is 1.31. The highest BCUT2D eigenvalue weighted by Gasteiger charge is 2.09. The largest absolute Gasteiger partial charge is 0.141 e. The van der Waals surface area contributed by atoms with Gasteiger partial charge in [0.2, 0.25) is 0 Å². The third kappa shape index (κ3) is 2.41. The lowest BCUT2D eigenvalue weighted by atomic mass is 10.0. The molecule has 0 unspecified atom stereocenters. The lowest BCUT2D eigenvalue weighted by molar-refractivity contribution is 1.64. The molecule has 0 saturated heterocycles. The van der Waals surface area contributed by atoms with Crippen LogP contribution in [0.5, 0.6) is 0 Å². The molecule has 0 aliphatic carbocycles. The molecule has 2 heteroatoms. The first-order chi connectivity index (χ1) is 13.2. The van der Waals surface area contributed by atoms with Crippen molar-refractivity contribution in [2.24, 2.45) is 0 Å². The maximum absolute atomic E-state index is 2.38. The molecule has 2 aromatic heterocycles. The van der Waals surface area contributed by atoms with E-state index in [4.69, 9.17) is 0 Å². The van der Waals surface area contributed by atoms with Gasteiger partial charge in [-0.2, -0.15) is 0 Å². The summed E-state index contributed by atoms with van der Waals surface area (Å²) in [4.78, 5) is 2.70. The molecule has 0 fully saturated rings. The monoisotopic (exact) mass is 380 g/mol. The van der Waals surface area contributed by atoms with Crippen molar-refractivity contribution in [3.05, 3.63) is 83.7 Å². The Bertz CT molecular complexity index is 1480. The fourth-order valence-electron chi connectivity index (χ4n) is 3.95. The predicted molar refractivity (Wildman–Crippen MR) is 122 cm³/mol. The molecule has 27 heavy (non-hydrogen) atoms. The minimum absolute atomic E-state index is 1.31. The zero-order valence-corrected chi connectivity index (χ0v) is 16.5. The SMILES string of the molecule is Cc1ccc(-c2ccc3cc4sc5cc6ccccc6cc5c4cc3c2)s1. The molecule has 6 aromatic rings. The zero-order valence-electron chi connectivity index (χ0n) is 14.8. The van der Waals surface area contributed by atoms with Crippen molar-refractivity contribution in [1.29, 1.82) is 0 Å². The number of aryl methyl sites for hydroxylation is 1. The highest BCUT2D eigenvalue weighted by atomic mass is 32.1. The van der Waals surface area contributed by atoms with Crippen LogP contribution in [0, 0.1) is 6.92 Å². The van der Waals surface area contributed by atoms with Crippen molar-refractivity contribution < 1.29 is 0 Å². The van der Waals surface area contributed by atoms with Gasteiger partial charge in [-0.15, -0.1) is 22.7 Å². The highest BCUT2D eigenvalue weighted by Crippen LogP contribution is 2.39. The third-order valence-corrected chi connectivity index (χ3v) is 7.49. The van der Waals surface area contributed by atoms with Crippen LogP contribution in [0.2, 0.25) is 0 Å². The van der Waals surface area contributed by atoms with Gasteiger partial charge in [0.05, 0.1) is 0 Å². The summed E-state index contributed by atoms with van der Waals surface area (Å²) in [5.41, 5.74) is 1.31. The fraction of sp³-hybridized carbons (Fsp3) is 0.0400. The van der Waals surface area contributed by atoms with Crippen molar-refractivity contribution in [3.8, 4) is 10.4 Å². The van der Waals surface area contributed by atoms with Gasteiger partial charge in [-0.1, -0.05) is 36.4 Å². The second kappa shape index (κ2) is 5.66. The summed E-state index contributed by atoms with van der Waals surface area (Å²) in [6.07, 6.45) is 0. The summed E-state index contributed by atoms with van der Waals surface area (Å²) in [6.45, 7) is 2.17. The van der Waals surface area contributed by atoms with Crippen LogP contribution in [0.4, 0.5) is 0 Å². The van der Waals surface area contributed by atoms with Gasteiger partial charge < -0.3 is 0 Å². The number of hydrogen-bond acceptors (Lipinski definition) is 2. The van der Waals surface area contributed by atoms with Crippen molar-refractivity contribution in [1.82, 2.24) is 0 Å². The van der Waals surface area contributed by atoms with Crippen LogP contribution >= 0.6 is 22.7 Å². The molecule has 4 aromatic carbocycles. The van der Waals surface area contributed by atoms with Gasteiger partial charge in [0.1, 0.15) is 0 Å². The average Bonchev–Trinajstić information content (AvgIpc) is 3.27. The van der Waals surface area contributed by atoms with Crippen molar-refractivity contribution in [2.75, 3.05) is 0 Å². The molecule has 6 rings (SSSR count). The van der Waals surface area contributed by atoms with E-state index in [1.54, 1.807) is 0 Å². The van der Waals surface area contributed by atoms with Crippen LogP contribution in [0.15, 0.2) is 78.9 Å². The first-order valence-corrected chi connectivity index (χ1v) is 10.7. The quantitative estimate of drug-likeness (QED) is 0.269. The molecule has 0 radical (unpaired) electrons. The first kappa shape index (κ1) is 15.4. The molecule has 0 amide bonds. The maximum atomic E-state index is 2.38.